The van der Waals surface area contributed by atoms with Crippen molar-refractivity contribution in [2.45, 2.75) is 19.7 Å². The Balaban J connectivity index is 0.00000243. The Bertz CT molecular complexity index is 841. The molecule has 0 bridgehead atoms. The van der Waals surface area contributed by atoms with Crippen molar-refractivity contribution in [2.24, 2.45) is 0 Å². The molecule has 5 heteroatoms. The molecule has 3 aromatic carbocycles. The summed E-state index contributed by atoms with van der Waals surface area (Å²) in [6.45, 7) is 1.60. The van der Waals surface area contributed by atoms with Crippen molar-refractivity contribution >= 4 is 11.6 Å². The van der Waals surface area contributed by atoms with E-state index in [0.29, 0.717) is 18.7 Å². The molecule has 0 aliphatic rings. The Hall–Kier alpha value is -2.07. The van der Waals surface area contributed by atoms with Crippen LogP contribution in [0.25, 0.3) is 0 Å². The molecule has 1 N–H and O–H groups in total. The molecule has 0 heterocycles. The normalized spacial score (nSPS) is 10.2. The Morgan fingerprint density at radius 2 is 1.58 bits per heavy atom. The SMILES string of the molecule is Fc1ccccc1COc1cccc(CNCc2ccccc2Cl)c1.[Cl-]. The average Bonchev–Trinajstić information content (AvgIpc) is 2.63. The van der Waals surface area contributed by atoms with Crippen LogP contribution in [0, 0.1) is 5.82 Å². The van der Waals surface area contributed by atoms with Gasteiger partial charge in [0.05, 0.1) is 0 Å². The lowest BCUT2D eigenvalue weighted by molar-refractivity contribution is -0.00000596. The molecule has 0 unspecified atom stereocenters. The standard InChI is InChI=1S/C21H19ClFNO.ClH/c22-20-10-3-1-7-17(20)14-24-13-16-6-5-9-19(12-16)25-15-18-8-2-4-11-21(18)23;/h1-12,24H,13-15H2;1H/p-1. The fraction of sp³-hybridized carbons (Fsp3) is 0.143. The first-order chi connectivity index (χ1) is 12.2. The summed E-state index contributed by atoms with van der Waals surface area (Å²) >= 11 is 6.15. The van der Waals surface area contributed by atoms with Gasteiger partial charge in [-0.15, -0.1) is 0 Å². The highest BCUT2D eigenvalue weighted by atomic mass is 35.5. The van der Waals surface area contributed by atoms with Gasteiger partial charge in [0.1, 0.15) is 18.2 Å². The number of rotatable bonds is 7. The maximum atomic E-state index is 13.6. The van der Waals surface area contributed by atoms with Crippen molar-refractivity contribution < 1.29 is 21.5 Å². The quantitative estimate of drug-likeness (QED) is 0.668. The Morgan fingerprint density at radius 1 is 0.846 bits per heavy atom. The summed E-state index contributed by atoms with van der Waals surface area (Å²) in [6, 6.07) is 22.2. The largest absolute Gasteiger partial charge is 1.00 e. The molecule has 3 rings (SSSR count). The van der Waals surface area contributed by atoms with Crippen LogP contribution in [0.5, 0.6) is 5.75 Å². The molecule has 136 valence electrons. The van der Waals surface area contributed by atoms with Crippen LogP contribution in [0.3, 0.4) is 0 Å². The van der Waals surface area contributed by atoms with E-state index in [4.69, 9.17) is 16.3 Å². The highest BCUT2D eigenvalue weighted by Crippen LogP contribution is 2.17. The van der Waals surface area contributed by atoms with Crippen LogP contribution in [0.15, 0.2) is 72.8 Å². The fourth-order valence-electron chi connectivity index (χ4n) is 2.51. The summed E-state index contributed by atoms with van der Waals surface area (Å²) in [6.07, 6.45) is 0. The molecule has 0 fully saturated rings. The Kier molecular flexibility index (Phi) is 7.92. The maximum Gasteiger partial charge on any atom is 0.129 e. The highest BCUT2D eigenvalue weighted by Gasteiger charge is 2.03. The van der Waals surface area contributed by atoms with Gasteiger partial charge >= 0.3 is 0 Å². The fourth-order valence-corrected chi connectivity index (χ4v) is 2.71. The van der Waals surface area contributed by atoms with Crippen LogP contribution in [-0.4, -0.2) is 0 Å². The van der Waals surface area contributed by atoms with Crippen LogP contribution < -0.4 is 22.5 Å². The van der Waals surface area contributed by atoms with E-state index in [9.17, 15) is 4.39 Å². The molecule has 0 atom stereocenters. The molecule has 26 heavy (non-hydrogen) atoms. The minimum Gasteiger partial charge on any atom is -1.00 e. The first-order valence-electron chi connectivity index (χ1n) is 8.11. The Morgan fingerprint density at radius 3 is 2.35 bits per heavy atom. The number of hydrogen-bond acceptors (Lipinski definition) is 2. The summed E-state index contributed by atoms with van der Waals surface area (Å²) in [7, 11) is 0. The van der Waals surface area contributed by atoms with Crippen molar-refractivity contribution in [3.05, 3.63) is 100 Å². The molecule has 3 aromatic rings. The zero-order valence-corrected chi connectivity index (χ0v) is 15.6. The zero-order valence-electron chi connectivity index (χ0n) is 14.1. The van der Waals surface area contributed by atoms with Crippen LogP contribution in [-0.2, 0) is 19.7 Å². The van der Waals surface area contributed by atoms with E-state index in [0.717, 1.165) is 21.9 Å². The lowest BCUT2D eigenvalue weighted by Crippen LogP contribution is -3.00. The van der Waals surface area contributed by atoms with E-state index in [2.05, 4.69) is 5.32 Å². The molecule has 0 radical (unpaired) electrons. The molecular weight excluding hydrogens is 372 g/mol. The van der Waals surface area contributed by atoms with E-state index in [1.807, 2.05) is 48.5 Å². The van der Waals surface area contributed by atoms with E-state index in [-0.39, 0.29) is 24.8 Å². The van der Waals surface area contributed by atoms with Gasteiger partial charge in [0.2, 0.25) is 0 Å². The van der Waals surface area contributed by atoms with E-state index in [1.165, 1.54) is 6.07 Å². The van der Waals surface area contributed by atoms with Gasteiger partial charge in [-0.3, -0.25) is 0 Å². The lowest BCUT2D eigenvalue weighted by atomic mass is 10.2. The minimum atomic E-state index is -0.250. The summed E-state index contributed by atoms with van der Waals surface area (Å²) in [5, 5.41) is 4.13. The second-order valence-electron chi connectivity index (χ2n) is 5.72. The molecule has 2 nitrogen and oxygen atoms in total. The predicted octanol–water partition coefficient (Wildman–Crippen LogP) is 2.35. The monoisotopic (exact) mass is 390 g/mol. The average molecular weight is 391 g/mol. The van der Waals surface area contributed by atoms with Crippen LogP contribution in [0.4, 0.5) is 4.39 Å². The van der Waals surface area contributed by atoms with Gasteiger partial charge < -0.3 is 22.5 Å². The second-order valence-corrected chi connectivity index (χ2v) is 6.13. The molecular formula is C21H19Cl2FNO-. The van der Waals surface area contributed by atoms with Crippen molar-refractivity contribution in [2.75, 3.05) is 0 Å². The third-order valence-corrected chi connectivity index (χ3v) is 4.22. The number of halogens is 3. The molecule has 0 amide bonds. The second kappa shape index (κ2) is 10.2. The highest BCUT2D eigenvalue weighted by molar-refractivity contribution is 6.31. The zero-order chi connectivity index (χ0) is 17.5. The van der Waals surface area contributed by atoms with Gasteiger partial charge in [-0.25, -0.2) is 4.39 Å². The lowest BCUT2D eigenvalue weighted by Gasteiger charge is -2.10. The van der Waals surface area contributed by atoms with Crippen molar-refractivity contribution in [1.82, 2.24) is 5.32 Å². The minimum absolute atomic E-state index is 0. The van der Waals surface area contributed by atoms with Gasteiger partial charge in [-0.05, 0) is 35.4 Å². The number of benzene rings is 3. The van der Waals surface area contributed by atoms with Crippen LogP contribution in [0.1, 0.15) is 16.7 Å². The van der Waals surface area contributed by atoms with E-state index < -0.39 is 0 Å². The van der Waals surface area contributed by atoms with Crippen LogP contribution in [0.2, 0.25) is 5.02 Å². The topological polar surface area (TPSA) is 21.3 Å². The van der Waals surface area contributed by atoms with Gasteiger partial charge in [0.15, 0.2) is 0 Å². The summed E-state index contributed by atoms with van der Waals surface area (Å²) in [5.74, 6) is 0.473. The first-order valence-corrected chi connectivity index (χ1v) is 8.49. The number of nitrogens with one attached hydrogen (secondary N) is 1. The van der Waals surface area contributed by atoms with E-state index in [1.54, 1.807) is 18.2 Å². The Labute approximate surface area is 164 Å². The molecule has 0 saturated heterocycles. The molecule has 0 aromatic heterocycles. The summed E-state index contributed by atoms with van der Waals surface area (Å²) in [5.41, 5.74) is 2.71. The summed E-state index contributed by atoms with van der Waals surface area (Å²) in [4.78, 5) is 0. The third kappa shape index (κ3) is 5.73. The van der Waals surface area contributed by atoms with E-state index >= 15 is 0 Å². The van der Waals surface area contributed by atoms with Crippen LogP contribution >= 0.6 is 11.6 Å². The maximum absolute atomic E-state index is 13.6. The number of hydrogen-bond donors (Lipinski definition) is 1. The molecule has 0 saturated carbocycles. The van der Waals surface area contributed by atoms with Gasteiger partial charge in [-0.1, -0.05) is 60.1 Å². The van der Waals surface area contributed by atoms with Gasteiger partial charge in [-0.2, -0.15) is 0 Å². The van der Waals surface area contributed by atoms with Gasteiger partial charge in [0.25, 0.3) is 0 Å². The molecule has 0 spiro atoms. The summed E-state index contributed by atoms with van der Waals surface area (Å²) < 4.78 is 19.3. The molecule has 0 aliphatic heterocycles. The van der Waals surface area contributed by atoms with Gasteiger partial charge in [0, 0.05) is 23.7 Å². The molecule has 0 aliphatic carbocycles. The smallest absolute Gasteiger partial charge is 0.129 e. The van der Waals surface area contributed by atoms with Crippen molar-refractivity contribution in [1.29, 1.82) is 0 Å². The van der Waals surface area contributed by atoms with Crippen molar-refractivity contribution in [3.63, 3.8) is 0 Å². The first kappa shape index (κ1) is 20.2. The number of ether oxygens (including phenoxy) is 1. The predicted molar refractivity (Wildman–Crippen MR) is 99.2 cm³/mol. The van der Waals surface area contributed by atoms with Crippen molar-refractivity contribution in [3.8, 4) is 5.75 Å². The third-order valence-electron chi connectivity index (χ3n) is 3.85.